The highest BCUT2D eigenvalue weighted by molar-refractivity contribution is 5.39. The summed E-state index contributed by atoms with van der Waals surface area (Å²) in [7, 11) is 0. The molecular formula is C14H19NO. The first-order chi connectivity index (χ1) is 7.83. The van der Waals surface area contributed by atoms with E-state index in [2.05, 4.69) is 29.6 Å². The molecule has 0 radical (unpaired) electrons. The Balaban J connectivity index is 2.08. The Labute approximate surface area is 96.7 Å². The molecule has 1 saturated heterocycles. The molecule has 2 nitrogen and oxygen atoms in total. The van der Waals surface area contributed by atoms with Crippen LogP contribution in [0.5, 0.6) is 0 Å². The molecule has 0 bridgehead atoms. The molecule has 1 aromatic carbocycles. The zero-order valence-corrected chi connectivity index (χ0v) is 9.58. The van der Waals surface area contributed by atoms with Crippen molar-refractivity contribution in [1.82, 2.24) is 5.32 Å². The average molecular weight is 217 g/mol. The third-order valence-corrected chi connectivity index (χ3v) is 4.37. The van der Waals surface area contributed by atoms with E-state index in [1.807, 2.05) is 0 Å². The van der Waals surface area contributed by atoms with Crippen LogP contribution in [0.3, 0.4) is 0 Å². The lowest BCUT2D eigenvalue weighted by atomic mass is 9.63. The number of hydrogen-bond donors (Lipinski definition) is 2. The Kier molecular flexibility index (Phi) is 2.49. The van der Waals surface area contributed by atoms with Gasteiger partial charge >= 0.3 is 0 Å². The lowest BCUT2D eigenvalue weighted by molar-refractivity contribution is 0.0432. The van der Waals surface area contributed by atoms with E-state index in [0.717, 1.165) is 38.8 Å². The molecule has 0 saturated carbocycles. The van der Waals surface area contributed by atoms with Crippen molar-refractivity contribution >= 4 is 0 Å². The van der Waals surface area contributed by atoms with Crippen molar-refractivity contribution in [2.45, 2.75) is 37.2 Å². The standard InChI is InChI=1S/C14H19NO/c16-13-6-5-11-3-1-2-4-12(11)14(13)7-9-15-10-8-14/h1-4,13,15-16H,5-10H2. The normalized spacial score (nSPS) is 27.7. The molecule has 16 heavy (non-hydrogen) atoms. The number of aryl methyl sites for hydroxylation is 1. The number of rotatable bonds is 0. The molecule has 3 rings (SSSR count). The molecule has 1 aliphatic carbocycles. The maximum Gasteiger partial charge on any atom is 0.0641 e. The Morgan fingerprint density at radius 3 is 2.75 bits per heavy atom. The van der Waals surface area contributed by atoms with Crippen molar-refractivity contribution in [3.8, 4) is 0 Å². The fraction of sp³-hybridized carbons (Fsp3) is 0.571. The molecule has 1 heterocycles. The Morgan fingerprint density at radius 1 is 1.19 bits per heavy atom. The summed E-state index contributed by atoms with van der Waals surface area (Å²) >= 11 is 0. The molecule has 1 aromatic rings. The van der Waals surface area contributed by atoms with Crippen molar-refractivity contribution in [3.05, 3.63) is 35.4 Å². The fourth-order valence-electron chi connectivity index (χ4n) is 3.45. The Morgan fingerprint density at radius 2 is 1.94 bits per heavy atom. The second-order valence-corrected chi connectivity index (χ2v) is 5.12. The van der Waals surface area contributed by atoms with Crippen molar-refractivity contribution in [3.63, 3.8) is 0 Å². The molecule has 2 N–H and O–H groups in total. The van der Waals surface area contributed by atoms with Crippen LogP contribution >= 0.6 is 0 Å². The summed E-state index contributed by atoms with van der Waals surface area (Å²) in [6.07, 6.45) is 3.96. The lowest BCUT2D eigenvalue weighted by Gasteiger charge is -2.46. The van der Waals surface area contributed by atoms with Crippen LogP contribution in [0.25, 0.3) is 0 Å². The number of fused-ring (bicyclic) bond motifs is 2. The molecule has 0 aromatic heterocycles. The van der Waals surface area contributed by atoms with Gasteiger partial charge in [0.15, 0.2) is 0 Å². The molecule has 86 valence electrons. The lowest BCUT2D eigenvalue weighted by Crippen LogP contribution is -2.50. The number of hydrogen-bond acceptors (Lipinski definition) is 2. The van der Waals surface area contributed by atoms with Gasteiger partial charge in [-0.05, 0) is 49.9 Å². The minimum atomic E-state index is -0.149. The van der Waals surface area contributed by atoms with Crippen LogP contribution in [0.15, 0.2) is 24.3 Å². The van der Waals surface area contributed by atoms with Crippen LogP contribution in [0.4, 0.5) is 0 Å². The highest BCUT2D eigenvalue weighted by atomic mass is 16.3. The summed E-state index contributed by atoms with van der Waals surface area (Å²) in [6, 6.07) is 8.68. The quantitative estimate of drug-likeness (QED) is 0.692. The molecule has 1 atom stereocenters. The Bertz CT molecular complexity index is 382. The predicted octanol–water partition coefficient (Wildman–Crippen LogP) is 1.61. The summed E-state index contributed by atoms with van der Waals surface area (Å²) in [5.41, 5.74) is 2.91. The van der Waals surface area contributed by atoms with E-state index in [0.29, 0.717) is 0 Å². The second kappa shape index (κ2) is 3.86. The first-order valence-electron chi connectivity index (χ1n) is 6.30. The van der Waals surface area contributed by atoms with E-state index >= 15 is 0 Å². The molecule has 2 aliphatic rings. The van der Waals surface area contributed by atoms with E-state index in [9.17, 15) is 5.11 Å². The number of piperidine rings is 1. The summed E-state index contributed by atoms with van der Waals surface area (Å²) in [4.78, 5) is 0. The van der Waals surface area contributed by atoms with Gasteiger partial charge in [0.2, 0.25) is 0 Å². The van der Waals surface area contributed by atoms with Crippen LogP contribution in [0.2, 0.25) is 0 Å². The first kappa shape index (κ1) is 10.3. The van der Waals surface area contributed by atoms with Gasteiger partial charge in [-0.1, -0.05) is 24.3 Å². The number of benzene rings is 1. The third kappa shape index (κ3) is 1.40. The highest BCUT2D eigenvalue weighted by Gasteiger charge is 2.43. The molecule has 1 aliphatic heterocycles. The van der Waals surface area contributed by atoms with Gasteiger partial charge in [0.1, 0.15) is 0 Å². The zero-order chi connectivity index (χ0) is 11.0. The Hall–Kier alpha value is -0.860. The molecular weight excluding hydrogens is 198 g/mol. The molecule has 2 heteroatoms. The monoisotopic (exact) mass is 217 g/mol. The SMILES string of the molecule is OC1CCc2ccccc2C12CCNCC2. The molecule has 1 spiro atoms. The summed E-state index contributed by atoms with van der Waals surface area (Å²) in [5, 5.41) is 13.8. The number of aliphatic hydroxyl groups is 1. The van der Waals surface area contributed by atoms with Gasteiger partial charge in [-0.15, -0.1) is 0 Å². The first-order valence-corrected chi connectivity index (χ1v) is 6.30. The van der Waals surface area contributed by atoms with E-state index in [1.165, 1.54) is 11.1 Å². The smallest absolute Gasteiger partial charge is 0.0641 e. The topological polar surface area (TPSA) is 32.3 Å². The van der Waals surface area contributed by atoms with E-state index in [1.54, 1.807) is 0 Å². The molecule has 1 fully saturated rings. The molecule has 0 amide bonds. The van der Waals surface area contributed by atoms with Gasteiger partial charge in [-0.25, -0.2) is 0 Å². The van der Waals surface area contributed by atoms with Crippen LogP contribution < -0.4 is 5.32 Å². The summed E-state index contributed by atoms with van der Waals surface area (Å²) in [6.45, 7) is 2.07. The highest BCUT2D eigenvalue weighted by Crippen LogP contribution is 2.43. The van der Waals surface area contributed by atoms with Crippen LogP contribution in [0, 0.1) is 0 Å². The van der Waals surface area contributed by atoms with E-state index < -0.39 is 0 Å². The van der Waals surface area contributed by atoms with Gasteiger partial charge in [0, 0.05) is 5.41 Å². The average Bonchev–Trinajstić information content (AvgIpc) is 2.36. The van der Waals surface area contributed by atoms with Crippen LogP contribution in [0.1, 0.15) is 30.4 Å². The van der Waals surface area contributed by atoms with Crippen LogP contribution in [-0.4, -0.2) is 24.3 Å². The minimum absolute atomic E-state index is 0.0418. The molecule has 1 unspecified atom stereocenters. The maximum atomic E-state index is 10.4. The van der Waals surface area contributed by atoms with Crippen molar-refractivity contribution < 1.29 is 5.11 Å². The van der Waals surface area contributed by atoms with Crippen molar-refractivity contribution in [1.29, 1.82) is 0 Å². The largest absolute Gasteiger partial charge is 0.392 e. The second-order valence-electron chi connectivity index (χ2n) is 5.12. The van der Waals surface area contributed by atoms with Crippen LogP contribution in [-0.2, 0) is 11.8 Å². The maximum absolute atomic E-state index is 10.4. The van der Waals surface area contributed by atoms with Gasteiger partial charge in [0.25, 0.3) is 0 Å². The zero-order valence-electron chi connectivity index (χ0n) is 9.58. The third-order valence-electron chi connectivity index (χ3n) is 4.37. The van der Waals surface area contributed by atoms with E-state index in [4.69, 9.17) is 0 Å². The van der Waals surface area contributed by atoms with Crippen molar-refractivity contribution in [2.24, 2.45) is 0 Å². The predicted molar refractivity (Wildman–Crippen MR) is 64.6 cm³/mol. The number of nitrogens with one attached hydrogen (secondary N) is 1. The number of aliphatic hydroxyl groups excluding tert-OH is 1. The van der Waals surface area contributed by atoms with E-state index in [-0.39, 0.29) is 11.5 Å². The fourth-order valence-corrected chi connectivity index (χ4v) is 3.45. The van der Waals surface area contributed by atoms with Gasteiger partial charge < -0.3 is 10.4 Å². The van der Waals surface area contributed by atoms with Gasteiger partial charge in [-0.3, -0.25) is 0 Å². The van der Waals surface area contributed by atoms with Gasteiger partial charge in [0.05, 0.1) is 6.10 Å². The van der Waals surface area contributed by atoms with Crippen molar-refractivity contribution in [2.75, 3.05) is 13.1 Å². The summed E-state index contributed by atoms with van der Waals surface area (Å²) in [5.74, 6) is 0. The minimum Gasteiger partial charge on any atom is -0.392 e. The summed E-state index contributed by atoms with van der Waals surface area (Å²) < 4.78 is 0. The van der Waals surface area contributed by atoms with Gasteiger partial charge in [-0.2, -0.15) is 0 Å².